The fourth-order valence-corrected chi connectivity index (χ4v) is 4.23. The van der Waals surface area contributed by atoms with E-state index >= 15 is 0 Å². The molecule has 0 fully saturated rings. The van der Waals surface area contributed by atoms with Crippen molar-refractivity contribution in [3.63, 3.8) is 0 Å². The Labute approximate surface area is 192 Å². The predicted molar refractivity (Wildman–Crippen MR) is 127 cm³/mol. The monoisotopic (exact) mass is 569 g/mol. The van der Waals surface area contributed by atoms with Gasteiger partial charge < -0.3 is 14.8 Å². The number of ether oxygens (including phenoxy) is 2. The zero-order valence-electron chi connectivity index (χ0n) is 16.3. The van der Waals surface area contributed by atoms with Crippen LogP contribution in [-0.2, 0) is 13.2 Å². The summed E-state index contributed by atoms with van der Waals surface area (Å²) in [7, 11) is 0. The third-order valence-electron chi connectivity index (χ3n) is 4.31. The van der Waals surface area contributed by atoms with Crippen LogP contribution in [0.15, 0.2) is 59.1 Å². The van der Waals surface area contributed by atoms with Crippen LogP contribution in [0, 0.1) is 16.3 Å². The van der Waals surface area contributed by atoms with E-state index in [1.165, 1.54) is 17.7 Å². The zero-order chi connectivity index (χ0) is 20.8. The van der Waals surface area contributed by atoms with Crippen molar-refractivity contribution in [2.24, 2.45) is 0 Å². The first kappa shape index (κ1) is 21.9. The SMILES string of the molecule is CCOc1cc(CNc2ccc(Br)cc2C)cc(I)c1OCc1cccc(F)c1. The summed E-state index contributed by atoms with van der Waals surface area (Å²) in [5.74, 6) is 1.11. The Balaban J connectivity index is 1.76. The van der Waals surface area contributed by atoms with Crippen molar-refractivity contribution in [3.8, 4) is 11.5 Å². The second-order valence-corrected chi connectivity index (χ2v) is 8.65. The topological polar surface area (TPSA) is 30.5 Å². The van der Waals surface area contributed by atoms with Crippen LogP contribution in [0.1, 0.15) is 23.6 Å². The zero-order valence-corrected chi connectivity index (χ0v) is 20.0. The molecule has 0 amide bonds. The second-order valence-electron chi connectivity index (χ2n) is 6.57. The van der Waals surface area contributed by atoms with Gasteiger partial charge in [-0.05, 0) is 95.6 Å². The molecule has 1 N–H and O–H groups in total. The molecule has 0 saturated carbocycles. The summed E-state index contributed by atoms with van der Waals surface area (Å²) in [4.78, 5) is 0. The van der Waals surface area contributed by atoms with E-state index in [4.69, 9.17) is 9.47 Å². The van der Waals surface area contributed by atoms with Gasteiger partial charge in [0.15, 0.2) is 11.5 Å². The summed E-state index contributed by atoms with van der Waals surface area (Å²) < 4.78 is 27.2. The van der Waals surface area contributed by atoms with Crippen molar-refractivity contribution in [1.82, 2.24) is 0 Å². The highest BCUT2D eigenvalue weighted by atomic mass is 127. The molecule has 0 aromatic heterocycles. The summed E-state index contributed by atoms with van der Waals surface area (Å²) in [5, 5.41) is 3.47. The van der Waals surface area contributed by atoms with Crippen LogP contribution in [-0.4, -0.2) is 6.61 Å². The first-order valence-electron chi connectivity index (χ1n) is 9.28. The fourth-order valence-electron chi connectivity index (χ4n) is 2.93. The van der Waals surface area contributed by atoms with Gasteiger partial charge in [0.1, 0.15) is 12.4 Å². The molecule has 3 rings (SSSR count). The molecule has 3 nitrogen and oxygen atoms in total. The van der Waals surface area contributed by atoms with Gasteiger partial charge in [-0.25, -0.2) is 4.39 Å². The smallest absolute Gasteiger partial charge is 0.174 e. The highest BCUT2D eigenvalue weighted by molar-refractivity contribution is 14.1. The van der Waals surface area contributed by atoms with Gasteiger partial charge in [0.25, 0.3) is 0 Å². The molecule has 0 aliphatic heterocycles. The molecule has 0 heterocycles. The van der Waals surface area contributed by atoms with Crippen molar-refractivity contribution in [3.05, 3.63) is 85.1 Å². The maximum Gasteiger partial charge on any atom is 0.174 e. The highest BCUT2D eigenvalue weighted by Gasteiger charge is 2.13. The van der Waals surface area contributed by atoms with Crippen molar-refractivity contribution in [2.45, 2.75) is 27.0 Å². The van der Waals surface area contributed by atoms with Gasteiger partial charge in [-0.1, -0.05) is 28.1 Å². The number of anilines is 1. The Bertz CT molecular complexity index is 997. The van der Waals surface area contributed by atoms with Crippen LogP contribution in [0.5, 0.6) is 11.5 Å². The Morgan fingerprint density at radius 1 is 1.03 bits per heavy atom. The Morgan fingerprint density at radius 3 is 2.59 bits per heavy atom. The van der Waals surface area contributed by atoms with E-state index in [9.17, 15) is 4.39 Å². The molecule has 152 valence electrons. The molecule has 29 heavy (non-hydrogen) atoms. The first-order valence-corrected chi connectivity index (χ1v) is 11.2. The Morgan fingerprint density at radius 2 is 1.86 bits per heavy atom. The second kappa shape index (κ2) is 10.3. The van der Waals surface area contributed by atoms with Gasteiger partial charge in [-0.3, -0.25) is 0 Å². The van der Waals surface area contributed by atoms with Crippen LogP contribution in [0.2, 0.25) is 0 Å². The lowest BCUT2D eigenvalue weighted by molar-refractivity contribution is 0.267. The van der Waals surface area contributed by atoms with E-state index in [-0.39, 0.29) is 12.4 Å². The fraction of sp³-hybridized carbons (Fsp3) is 0.217. The number of nitrogens with one attached hydrogen (secondary N) is 1. The van der Waals surface area contributed by atoms with Crippen molar-refractivity contribution in [1.29, 1.82) is 0 Å². The average Bonchev–Trinajstić information content (AvgIpc) is 2.67. The summed E-state index contributed by atoms with van der Waals surface area (Å²) in [6.07, 6.45) is 0. The van der Waals surface area contributed by atoms with E-state index in [0.29, 0.717) is 24.7 Å². The van der Waals surface area contributed by atoms with Gasteiger partial charge in [0, 0.05) is 16.7 Å². The molecule has 0 bridgehead atoms. The molecule has 0 aliphatic rings. The number of hydrogen-bond acceptors (Lipinski definition) is 3. The summed E-state index contributed by atoms with van der Waals surface area (Å²) in [6.45, 7) is 5.51. The van der Waals surface area contributed by atoms with Crippen LogP contribution < -0.4 is 14.8 Å². The van der Waals surface area contributed by atoms with Crippen LogP contribution in [0.25, 0.3) is 0 Å². The third-order valence-corrected chi connectivity index (χ3v) is 5.61. The molecule has 3 aromatic carbocycles. The average molecular weight is 570 g/mol. The molecular formula is C23H22BrFINO2. The van der Waals surface area contributed by atoms with Crippen molar-refractivity contribution >= 4 is 44.2 Å². The van der Waals surface area contributed by atoms with Crippen molar-refractivity contribution < 1.29 is 13.9 Å². The van der Waals surface area contributed by atoms with Gasteiger partial charge in [0.05, 0.1) is 10.2 Å². The lowest BCUT2D eigenvalue weighted by atomic mass is 10.1. The van der Waals surface area contributed by atoms with E-state index in [2.05, 4.69) is 69.0 Å². The molecule has 6 heteroatoms. The summed E-state index contributed by atoms with van der Waals surface area (Å²) >= 11 is 5.75. The van der Waals surface area contributed by atoms with E-state index in [1.807, 2.05) is 25.1 Å². The minimum atomic E-state index is -0.268. The van der Waals surface area contributed by atoms with E-state index < -0.39 is 0 Å². The molecular weight excluding hydrogens is 548 g/mol. The highest BCUT2D eigenvalue weighted by Crippen LogP contribution is 2.35. The largest absolute Gasteiger partial charge is 0.490 e. The molecule has 0 atom stereocenters. The Kier molecular flexibility index (Phi) is 7.77. The summed E-state index contributed by atoms with van der Waals surface area (Å²) in [6, 6.07) is 16.7. The third kappa shape index (κ3) is 6.09. The maximum atomic E-state index is 13.4. The number of halogens is 3. The van der Waals surface area contributed by atoms with Crippen LogP contribution in [0.4, 0.5) is 10.1 Å². The van der Waals surface area contributed by atoms with Crippen molar-refractivity contribution in [2.75, 3.05) is 11.9 Å². The maximum absolute atomic E-state index is 13.4. The van der Waals surface area contributed by atoms with Gasteiger partial charge in [0.2, 0.25) is 0 Å². The molecule has 0 radical (unpaired) electrons. The minimum Gasteiger partial charge on any atom is -0.490 e. The Hall–Kier alpha value is -1.80. The number of benzene rings is 3. The summed E-state index contributed by atoms with van der Waals surface area (Å²) in [5.41, 5.74) is 4.14. The number of aryl methyl sites for hydroxylation is 1. The normalized spacial score (nSPS) is 10.7. The number of hydrogen-bond donors (Lipinski definition) is 1. The molecule has 0 spiro atoms. The standard InChI is InChI=1S/C23H22BrFINO2/c1-3-28-22-12-17(13-27-21-8-7-18(24)9-15(21)2)11-20(26)23(22)29-14-16-5-4-6-19(25)10-16/h4-12,27H,3,13-14H2,1-2H3. The predicted octanol–water partition coefficient (Wildman–Crippen LogP) is 7.09. The lowest BCUT2D eigenvalue weighted by Crippen LogP contribution is -2.05. The van der Waals surface area contributed by atoms with Gasteiger partial charge in [-0.2, -0.15) is 0 Å². The van der Waals surface area contributed by atoms with E-state index in [1.54, 1.807) is 6.07 Å². The van der Waals surface area contributed by atoms with E-state index in [0.717, 1.165) is 24.9 Å². The lowest BCUT2D eigenvalue weighted by Gasteiger charge is -2.16. The molecule has 0 aliphatic carbocycles. The van der Waals surface area contributed by atoms with Gasteiger partial charge >= 0.3 is 0 Å². The van der Waals surface area contributed by atoms with Gasteiger partial charge in [-0.15, -0.1) is 0 Å². The molecule has 3 aromatic rings. The molecule has 0 saturated heterocycles. The molecule has 0 unspecified atom stereocenters. The van der Waals surface area contributed by atoms with Crippen LogP contribution in [0.3, 0.4) is 0 Å². The quantitative estimate of drug-likeness (QED) is 0.294. The minimum absolute atomic E-state index is 0.268. The van der Waals surface area contributed by atoms with Crippen LogP contribution >= 0.6 is 38.5 Å². The first-order chi connectivity index (χ1) is 14.0. The number of rotatable bonds is 8.